The van der Waals surface area contributed by atoms with Gasteiger partial charge in [0, 0.05) is 22.7 Å². The standard InChI is InChI=1S/C15H24O2S/c1-11(2)9-14(15(17)12(3)10-16)18-13-7-5-4-6-8-13/h4-8,11-12,14-17H,9-10H2,1-3H3/t12-,14+,15+/m0/s1. The quantitative estimate of drug-likeness (QED) is 0.746. The van der Waals surface area contributed by atoms with Crippen LogP contribution in [0, 0.1) is 11.8 Å². The van der Waals surface area contributed by atoms with Crippen molar-refractivity contribution >= 4 is 11.8 Å². The Morgan fingerprint density at radius 1 is 1.11 bits per heavy atom. The van der Waals surface area contributed by atoms with Crippen LogP contribution < -0.4 is 0 Å². The first-order valence-corrected chi connectivity index (χ1v) is 7.43. The van der Waals surface area contributed by atoms with Crippen molar-refractivity contribution in [2.24, 2.45) is 11.8 Å². The number of aliphatic hydroxyl groups excluding tert-OH is 2. The highest BCUT2D eigenvalue weighted by Gasteiger charge is 2.26. The lowest BCUT2D eigenvalue weighted by molar-refractivity contribution is 0.0711. The normalized spacial score (nSPS) is 16.6. The molecule has 2 nitrogen and oxygen atoms in total. The molecule has 0 spiro atoms. The van der Waals surface area contributed by atoms with Crippen LogP contribution >= 0.6 is 11.8 Å². The summed E-state index contributed by atoms with van der Waals surface area (Å²) in [4.78, 5) is 1.17. The maximum Gasteiger partial charge on any atom is 0.0709 e. The van der Waals surface area contributed by atoms with Crippen LogP contribution in [-0.4, -0.2) is 28.2 Å². The van der Waals surface area contributed by atoms with Crippen LogP contribution in [0.2, 0.25) is 0 Å². The van der Waals surface area contributed by atoms with Crippen LogP contribution in [0.4, 0.5) is 0 Å². The molecule has 1 aromatic rings. The second kappa shape index (κ2) is 7.82. The molecule has 0 unspecified atom stereocenters. The third-order valence-electron chi connectivity index (χ3n) is 2.99. The zero-order chi connectivity index (χ0) is 13.5. The summed E-state index contributed by atoms with van der Waals surface area (Å²) < 4.78 is 0. The van der Waals surface area contributed by atoms with E-state index in [2.05, 4.69) is 26.0 Å². The van der Waals surface area contributed by atoms with Crippen molar-refractivity contribution in [1.82, 2.24) is 0 Å². The molecule has 0 saturated heterocycles. The first-order valence-electron chi connectivity index (χ1n) is 6.55. The molecule has 3 atom stereocenters. The number of thioether (sulfide) groups is 1. The van der Waals surface area contributed by atoms with E-state index in [0.29, 0.717) is 5.92 Å². The molecule has 1 rings (SSSR count). The summed E-state index contributed by atoms with van der Waals surface area (Å²) in [5.74, 6) is 0.455. The van der Waals surface area contributed by atoms with Crippen molar-refractivity contribution in [1.29, 1.82) is 0 Å². The van der Waals surface area contributed by atoms with Crippen molar-refractivity contribution in [3.8, 4) is 0 Å². The zero-order valence-electron chi connectivity index (χ0n) is 11.4. The summed E-state index contributed by atoms with van der Waals surface area (Å²) in [7, 11) is 0. The minimum absolute atomic E-state index is 0.0328. The number of aliphatic hydroxyl groups is 2. The van der Waals surface area contributed by atoms with Gasteiger partial charge < -0.3 is 10.2 Å². The van der Waals surface area contributed by atoms with Crippen LogP contribution in [0.3, 0.4) is 0 Å². The minimum atomic E-state index is -0.470. The number of hydrogen-bond acceptors (Lipinski definition) is 3. The predicted molar refractivity (Wildman–Crippen MR) is 77.8 cm³/mol. The number of benzene rings is 1. The molecular weight excluding hydrogens is 244 g/mol. The molecule has 0 radical (unpaired) electrons. The van der Waals surface area contributed by atoms with E-state index in [1.165, 1.54) is 4.90 Å². The Kier molecular flexibility index (Phi) is 6.76. The van der Waals surface area contributed by atoms with Crippen molar-refractivity contribution in [3.05, 3.63) is 30.3 Å². The van der Waals surface area contributed by atoms with Gasteiger partial charge in [0.25, 0.3) is 0 Å². The molecule has 0 aromatic heterocycles. The molecule has 0 saturated carbocycles. The first kappa shape index (κ1) is 15.5. The van der Waals surface area contributed by atoms with E-state index in [0.717, 1.165) is 6.42 Å². The smallest absolute Gasteiger partial charge is 0.0709 e. The first-order chi connectivity index (χ1) is 8.54. The number of rotatable bonds is 7. The Morgan fingerprint density at radius 3 is 2.22 bits per heavy atom. The van der Waals surface area contributed by atoms with E-state index in [1.807, 2.05) is 25.1 Å². The highest BCUT2D eigenvalue weighted by atomic mass is 32.2. The number of hydrogen-bond donors (Lipinski definition) is 2. The predicted octanol–water partition coefficient (Wildman–Crippen LogP) is 3.18. The molecule has 0 heterocycles. The summed E-state index contributed by atoms with van der Waals surface area (Å²) in [6, 6.07) is 10.1. The topological polar surface area (TPSA) is 40.5 Å². The van der Waals surface area contributed by atoms with Gasteiger partial charge in [-0.25, -0.2) is 0 Å². The van der Waals surface area contributed by atoms with Crippen LogP contribution in [0.5, 0.6) is 0 Å². The summed E-state index contributed by atoms with van der Waals surface area (Å²) in [6.07, 6.45) is 0.480. The van der Waals surface area contributed by atoms with Gasteiger partial charge in [-0.3, -0.25) is 0 Å². The van der Waals surface area contributed by atoms with Crippen LogP contribution in [0.1, 0.15) is 27.2 Å². The van der Waals surface area contributed by atoms with Crippen molar-refractivity contribution in [2.45, 2.75) is 43.4 Å². The maximum absolute atomic E-state index is 10.3. The Hall–Kier alpha value is -0.510. The van der Waals surface area contributed by atoms with Crippen molar-refractivity contribution in [2.75, 3.05) is 6.61 Å². The lowest BCUT2D eigenvalue weighted by atomic mass is 9.97. The van der Waals surface area contributed by atoms with Gasteiger partial charge in [0.15, 0.2) is 0 Å². The molecule has 102 valence electrons. The van der Waals surface area contributed by atoms with Gasteiger partial charge in [0.2, 0.25) is 0 Å². The zero-order valence-corrected chi connectivity index (χ0v) is 12.2. The summed E-state index contributed by atoms with van der Waals surface area (Å²) >= 11 is 1.71. The maximum atomic E-state index is 10.3. The van der Waals surface area contributed by atoms with E-state index in [4.69, 9.17) is 0 Å². The van der Waals surface area contributed by atoms with Crippen LogP contribution in [0.25, 0.3) is 0 Å². The molecule has 18 heavy (non-hydrogen) atoms. The highest BCUT2D eigenvalue weighted by molar-refractivity contribution is 8.00. The molecule has 0 bridgehead atoms. The monoisotopic (exact) mass is 268 g/mol. The fourth-order valence-electron chi connectivity index (χ4n) is 1.87. The van der Waals surface area contributed by atoms with E-state index in [-0.39, 0.29) is 17.8 Å². The van der Waals surface area contributed by atoms with Crippen molar-refractivity contribution < 1.29 is 10.2 Å². The average molecular weight is 268 g/mol. The largest absolute Gasteiger partial charge is 0.396 e. The highest BCUT2D eigenvalue weighted by Crippen LogP contribution is 2.32. The summed E-state index contributed by atoms with van der Waals surface area (Å²) in [6.45, 7) is 6.25. The van der Waals surface area contributed by atoms with Gasteiger partial charge >= 0.3 is 0 Å². The van der Waals surface area contributed by atoms with E-state index in [1.54, 1.807) is 11.8 Å². The van der Waals surface area contributed by atoms with Crippen LogP contribution in [-0.2, 0) is 0 Å². The van der Waals surface area contributed by atoms with Gasteiger partial charge in [-0.05, 0) is 24.5 Å². The van der Waals surface area contributed by atoms with Crippen LogP contribution in [0.15, 0.2) is 35.2 Å². The molecule has 0 fully saturated rings. The fraction of sp³-hybridized carbons (Fsp3) is 0.600. The lowest BCUT2D eigenvalue weighted by Crippen LogP contribution is -2.32. The third kappa shape index (κ3) is 5.01. The summed E-state index contributed by atoms with van der Waals surface area (Å²) in [5.41, 5.74) is 0. The van der Waals surface area contributed by atoms with Gasteiger partial charge in [-0.2, -0.15) is 0 Å². The van der Waals surface area contributed by atoms with E-state index < -0.39 is 6.10 Å². The molecule has 0 amide bonds. The molecule has 0 aliphatic carbocycles. The molecule has 0 aliphatic rings. The van der Waals surface area contributed by atoms with Crippen molar-refractivity contribution in [3.63, 3.8) is 0 Å². The SMILES string of the molecule is CC(C)C[C@@H](Sc1ccccc1)[C@H](O)[C@@H](C)CO. The Balaban J connectivity index is 2.72. The molecular formula is C15H24O2S. The second-order valence-electron chi connectivity index (χ2n) is 5.25. The second-order valence-corrected chi connectivity index (χ2v) is 6.56. The third-order valence-corrected chi connectivity index (χ3v) is 4.30. The van der Waals surface area contributed by atoms with Gasteiger partial charge in [-0.15, -0.1) is 11.8 Å². The lowest BCUT2D eigenvalue weighted by Gasteiger charge is -2.27. The molecule has 1 aromatic carbocycles. The molecule has 3 heteroatoms. The van der Waals surface area contributed by atoms with Gasteiger partial charge in [0.1, 0.15) is 0 Å². The molecule has 0 aliphatic heterocycles. The Bertz CT molecular complexity index is 327. The fourth-order valence-corrected chi connectivity index (χ4v) is 3.42. The van der Waals surface area contributed by atoms with E-state index >= 15 is 0 Å². The van der Waals surface area contributed by atoms with Gasteiger partial charge in [0.05, 0.1) is 6.10 Å². The minimum Gasteiger partial charge on any atom is -0.396 e. The van der Waals surface area contributed by atoms with Gasteiger partial charge in [-0.1, -0.05) is 39.0 Å². The Morgan fingerprint density at radius 2 is 1.72 bits per heavy atom. The van der Waals surface area contributed by atoms with E-state index in [9.17, 15) is 10.2 Å². The average Bonchev–Trinajstić information content (AvgIpc) is 2.37. The summed E-state index contributed by atoms with van der Waals surface area (Å²) in [5, 5.41) is 19.6. The Labute approximate surface area is 114 Å². The molecule has 2 N–H and O–H groups in total.